The van der Waals surface area contributed by atoms with Crippen LogP contribution in [0, 0.1) is 11.6 Å². The molecule has 3 aromatic heterocycles. The van der Waals surface area contributed by atoms with Crippen molar-refractivity contribution < 1.29 is 23.8 Å². The Morgan fingerprint density at radius 3 is 2.72 bits per heavy atom. The van der Waals surface area contributed by atoms with Gasteiger partial charge in [0, 0.05) is 22.7 Å². The number of rotatable bonds is 4. The van der Waals surface area contributed by atoms with Crippen LogP contribution in [0.15, 0.2) is 53.6 Å². The number of nitrogens with one attached hydrogen (secondary N) is 1. The minimum absolute atomic E-state index is 0.0227. The van der Waals surface area contributed by atoms with Gasteiger partial charge in [-0.3, -0.25) is 4.79 Å². The van der Waals surface area contributed by atoms with Crippen LogP contribution in [0.2, 0.25) is 0 Å². The van der Waals surface area contributed by atoms with E-state index in [1.807, 2.05) is 0 Å². The van der Waals surface area contributed by atoms with Crippen LogP contribution in [0.4, 0.5) is 8.78 Å². The lowest BCUT2D eigenvalue weighted by molar-refractivity contribution is 0.0687. The molecule has 29 heavy (non-hydrogen) atoms. The van der Waals surface area contributed by atoms with Gasteiger partial charge in [-0.1, -0.05) is 0 Å². The number of hydrogen-bond acceptors (Lipinski definition) is 4. The second-order valence-corrected chi connectivity index (χ2v) is 6.33. The molecule has 0 saturated carbocycles. The molecule has 146 valence electrons. The molecule has 9 heteroatoms. The average molecular weight is 397 g/mol. The van der Waals surface area contributed by atoms with E-state index in [9.17, 15) is 28.6 Å². The summed E-state index contributed by atoms with van der Waals surface area (Å²) < 4.78 is 29.0. The monoisotopic (exact) mass is 397 g/mol. The summed E-state index contributed by atoms with van der Waals surface area (Å²) in [5.74, 6) is -3.03. The molecule has 0 spiro atoms. The van der Waals surface area contributed by atoms with Crippen molar-refractivity contribution in [2.45, 2.75) is 6.54 Å². The van der Waals surface area contributed by atoms with Crippen molar-refractivity contribution in [1.29, 1.82) is 0 Å². The van der Waals surface area contributed by atoms with Gasteiger partial charge in [0.25, 0.3) is 5.56 Å². The maximum atomic E-state index is 14.2. The lowest BCUT2D eigenvalue weighted by atomic mass is 10.0. The smallest absolute Gasteiger partial charge is 0.353 e. The molecular weight excluding hydrogens is 384 g/mol. The predicted octanol–water partition coefficient (Wildman–Crippen LogP) is 3.12. The number of carboxylic acids is 1. The number of aromatic amines is 1. The van der Waals surface area contributed by atoms with Crippen LogP contribution in [0.3, 0.4) is 0 Å². The molecule has 1 aromatic carbocycles. The number of H-pyrrole nitrogens is 1. The van der Waals surface area contributed by atoms with Gasteiger partial charge >= 0.3 is 5.97 Å². The van der Waals surface area contributed by atoms with Crippen LogP contribution in [0.5, 0.6) is 5.75 Å². The van der Waals surface area contributed by atoms with E-state index in [0.717, 1.165) is 24.4 Å². The van der Waals surface area contributed by atoms with Gasteiger partial charge in [-0.05, 0) is 36.4 Å². The van der Waals surface area contributed by atoms with E-state index in [2.05, 4.69) is 9.97 Å². The molecule has 3 heterocycles. The van der Waals surface area contributed by atoms with Crippen molar-refractivity contribution in [3.63, 3.8) is 0 Å². The molecule has 0 fully saturated rings. The zero-order valence-corrected chi connectivity index (χ0v) is 14.7. The highest BCUT2D eigenvalue weighted by Crippen LogP contribution is 2.35. The summed E-state index contributed by atoms with van der Waals surface area (Å²) in [7, 11) is 0. The number of fused-ring (bicyclic) bond motifs is 1. The predicted molar refractivity (Wildman–Crippen MR) is 99.9 cm³/mol. The Morgan fingerprint density at radius 1 is 1.21 bits per heavy atom. The van der Waals surface area contributed by atoms with Gasteiger partial charge in [0.2, 0.25) is 0 Å². The second-order valence-electron chi connectivity index (χ2n) is 6.33. The third-order valence-corrected chi connectivity index (χ3v) is 4.51. The standard InChI is InChI=1S/C20H13F2N3O4/c21-11-3-4-15(22)10(6-11)9-25-17(20(28)29)16(13-2-1-5-23-19(13)27)14-7-12(26)8-24-18(14)25/h1-8,26H,9H2,(H,23,27)(H,28,29). The Bertz CT molecular complexity index is 1330. The summed E-state index contributed by atoms with van der Waals surface area (Å²) in [5.41, 5.74) is -0.807. The van der Waals surface area contributed by atoms with Gasteiger partial charge in [-0.25, -0.2) is 18.6 Å². The fourth-order valence-electron chi connectivity index (χ4n) is 3.32. The minimum Gasteiger partial charge on any atom is -0.506 e. The molecule has 4 aromatic rings. The van der Waals surface area contributed by atoms with E-state index in [1.54, 1.807) is 0 Å². The fraction of sp³-hybridized carbons (Fsp3) is 0.0500. The summed E-state index contributed by atoms with van der Waals surface area (Å²) in [6.45, 7) is -0.343. The zero-order chi connectivity index (χ0) is 20.7. The third-order valence-electron chi connectivity index (χ3n) is 4.51. The maximum absolute atomic E-state index is 14.2. The number of aromatic carboxylic acids is 1. The molecule has 0 aliphatic rings. The first-order chi connectivity index (χ1) is 13.9. The Kier molecular flexibility index (Phi) is 4.34. The van der Waals surface area contributed by atoms with Gasteiger partial charge in [0.15, 0.2) is 0 Å². The Balaban J connectivity index is 2.08. The number of carbonyl (C=O) groups is 1. The summed E-state index contributed by atoms with van der Waals surface area (Å²) in [5, 5.41) is 19.9. The lowest BCUT2D eigenvalue weighted by Gasteiger charge is -2.10. The third kappa shape index (κ3) is 3.12. The highest BCUT2D eigenvalue weighted by atomic mass is 19.1. The Labute approximate surface area is 161 Å². The first-order valence-electron chi connectivity index (χ1n) is 8.43. The molecule has 3 N–H and O–H groups in total. The molecule has 7 nitrogen and oxygen atoms in total. The average Bonchev–Trinajstić information content (AvgIpc) is 2.98. The first-order valence-corrected chi connectivity index (χ1v) is 8.43. The van der Waals surface area contributed by atoms with E-state index < -0.39 is 23.2 Å². The summed E-state index contributed by atoms with van der Waals surface area (Å²) in [6.07, 6.45) is 2.49. The molecule has 0 aliphatic heterocycles. The van der Waals surface area contributed by atoms with Crippen LogP contribution < -0.4 is 5.56 Å². The number of aromatic nitrogens is 3. The van der Waals surface area contributed by atoms with Crippen LogP contribution in [0.1, 0.15) is 16.1 Å². The van der Waals surface area contributed by atoms with E-state index >= 15 is 0 Å². The Morgan fingerprint density at radius 2 is 2.00 bits per heavy atom. The number of pyridine rings is 2. The molecule has 0 amide bonds. The second kappa shape index (κ2) is 6.86. The molecule has 0 radical (unpaired) electrons. The van der Waals surface area contributed by atoms with Crippen molar-refractivity contribution in [3.05, 3.63) is 82.0 Å². The van der Waals surface area contributed by atoms with E-state index in [4.69, 9.17) is 0 Å². The van der Waals surface area contributed by atoms with Crippen molar-refractivity contribution >= 4 is 17.0 Å². The number of aromatic hydroxyl groups is 1. The van der Waals surface area contributed by atoms with Crippen LogP contribution in [-0.4, -0.2) is 30.7 Å². The van der Waals surface area contributed by atoms with E-state index in [-0.39, 0.29) is 45.7 Å². The van der Waals surface area contributed by atoms with Gasteiger partial charge < -0.3 is 19.8 Å². The molecule has 0 bridgehead atoms. The highest BCUT2D eigenvalue weighted by Gasteiger charge is 2.26. The van der Waals surface area contributed by atoms with Crippen LogP contribution in [0.25, 0.3) is 22.2 Å². The van der Waals surface area contributed by atoms with E-state index in [0.29, 0.717) is 0 Å². The first kappa shape index (κ1) is 18.4. The molecule has 0 unspecified atom stereocenters. The van der Waals surface area contributed by atoms with Gasteiger partial charge in [-0.15, -0.1) is 0 Å². The number of benzene rings is 1. The van der Waals surface area contributed by atoms with Gasteiger partial charge in [-0.2, -0.15) is 0 Å². The molecular formula is C20H13F2N3O4. The van der Waals surface area contributed by atoms with Crippen LogP contribution in [-0.2, 0) is 6.54 Å². The normalized spacial score (nSPS) is 11.1. The Hall–Kier alpha value is -4.01. The maximum Gasteiger partial charge on any atom is 0.353 e. The van der Waals surface area contributed by atoms with Crippen molar-refractivity contribution in [2.24, 2.45) is 0 Å². The molecule has 0 atom stereocenters. The lowest BCUT2D eigenvalue weighted by Crippen LogP contribution is -2.14. The summed E-state index contributed by atoms with van der Waals surface area (Å²) in [4.78, 5) is 31.0. The number of nitrogens with zero attached hydrogens (tertiary/aromatic N) is 2. The number of halogens is 2. The van der Waals surface area contributed by atoms with Gasteiger partial charge in [0.05, 0.1) is 18.3 Å². The largest absolute Gasteiger partial charge is 0.506 e. The topological polar surface area (TPSA) is 108 Å². The summed E-state index contributed by atoms with van der Waals surface area (Å²) >= 11 is 0. The zero-order valence-electron chi connectivity index (χ0n) is 14.7. The molecule has 0 aliphatic carbocycles. The fourth-order valence-corrected chi connectivity index (χ4v) is 3.32. The molecule has 0 saturated heterocycles. The minimum atomic E-state index is -1.39. The van der Waals surface area contributed by atoms with Gasteiger partial charge in [0.1, 0.15) is 28.7 Å². The van der Waals surface area contributed by atoms with Crippen molar-refractivity contribution in [1.82, 2.24) is 14.5 Å². The number of hydrogen-bond donors (Lipinski definition) is 3. The number of carboxylic acid groups (broad SMARTS) is 1. The van der Waals surface area contributed by atoms with E-state index in [1.165, 1.54) is 29.0 Å². The SMILES string of the molecule is O=C(O)c1c(-c2ccc[nH]c2=O)c2cc(O)cnc2n1Cc1cc(F)ccc1F. The quantitative estimate of drug-likeness (QED) is 0.490. The highest BCUT2D eigenvalue weighted by molar-refractivity contribution is 6.07. The van der Waals surface area contributed by atoms with Crippen molar-refractivity contribution in [3.8, 4) is 16.9 Å². The van der Waals surface area contributed by atoms with Crippen LogP contribution >= 0.6 is 0 Å². The van der Waals surface area contributed by atoms with Crippen molar-refractivity contribution in [2.75, 3.05) is 0 Å². The summed E-state index contributed by atoms with van der Waals surface area (Å²) in [6, 6.07) is 7.08. The molecule has 4 rings (SSSR count).